The fourth-order valence-electron chi connectivity index (χ4n) is 1.41. The van der Waals surface area contributed by atoms with E-state index in [2.05, 4.69) is 15.9 Å². The second-order valence-corrected chi connectivity index (χ2v) is 3.90. The van der Waals surface area contributed by atoms with Crippen molar-refractivity contribution in [3.8, 4) is 11.5 Å². The maximum Gasteiger partial charge on any atom is 0.231 e. The minimum atomic E-state index is 0.240. The molecule has 0 bridgehead atoms. The first-order valence-electron chi connectivity index (χ1n) is 4.05. The molecule has 3 rings (SSSR count). The van der Waals surface area contributed by atoms with Crippen molar-refractivity contribution >= 4 is 15.9 Å². The highest BCUT2D eigenvalue weighted by molar-refractivity contribution is 9.10. The van der Waals surface area contributed by atoms with Gasteiger partial charge in [-0.2, -0.15) is 0 Å². The third-order valence-electron chi connectivity index (χ3n) is 2.17. The summed E-state index contributed by atoms with van der Waals surface area (Å²) in [5, 5.41) is 0. The maximum absolute atomic E-state index is 5.27. The number of epoxide rings is 1. The Morgan fingerprint density at radius 1 is 1.23 bits per heavy atom. The number of fused-ring (bicyclic) bond motifs is 1. The minimum absolute atomic E-state index is 0.240. The summed E-state index contributed by atoms with van der Waals surface area (Å²) < 4.78 is 16.8. The number of halogens is 1. The van der Waals surface area contributed by atoms with Crippen molar-refractivity contribution in [2.75, 3.05) is 13.4 Å². The van der Waals surface area contributed by atoms with Crippen molar-refractivity contribution in [1.29, 1.82) is 0 Å². The Hall–Kier alpha value is -0.740. The summed E-state index contributed by atoms with van der Waals surface area (Å²) in [6.45, 7) is 1.12. The van der Waals surface area contributed by atoms with E-state index in [0.717, 1.165) is 28.1 Å². The van der Waals surface area contributed by atoms with Gasteiger partial charge < -0.3 is 14.2 Å². The van der Waals surface area contributed by atoms with Crippen LogP contribution in [0.4, 0.5) is 0 Å². The summed E-state index contributed by atoms with van der Waals surface area (Å²) >= 11 is 3.47. The predicted octanol–water partition coefficient (Wildman–Crippen LogP) is 2.25. The molecular formula is C9H7BrO3. The third kappa shape index (κ3) is 1.21. The van der Waals surface area contributed by atoms with E-state index < -0.39 is 0 Å². The lowest BCUT2D eigenvalue weighted by Gasteiger charge is -2.02. The number of benzene rings is 1. The van der Waals surface area contributed by atoms with E-state index in [-0.39, 0.29) is 6.10 Å². The van der Waals surface area contributed by atoms with Crippen molar-refractivity contribution in [2.24, 2.45) is 0 Å². The predicted molar refractivity (Wildman–Crippen MR) is 49.0 cm³/mol. The van der Waals surface area contributed by atoms with Crippen LogP contribution in [0.15, 0.2) is 16.6 Å². The lowest BCUT2D eigenvalue weighted by Crippen LogP contribution is -1.92. The molecule has 2 aliphatic rings. The smallest absolute Gasteiger partial charge is 0.231 e. The van der Waals surface area contributed by atoms with Crippen LogP contribution >= 0.6 is 15.9 Å². The molecule has 0 aliphatic carbocycles. The SMILES string of the molecule is Brc1cc2c(cc1[C@H]1CO1)OCO2. The quantitative estimate of drug-likeness (QED) is 0.709. The summed E-state index contributed by atoms with van der Waals surface area (Å²) in [7, 11) is 0. The summed E-state index contributed by atoms with van der Waals surface area (Å²) in [6.07, 6.45) is 0.240. The van der Waals surface area contributed by atoms with E-state index in [0.29, 0.717) is 6.79 Å². The van der Waals surface area contributed by atoms with Crippen LogP contribution in [0.25, 0.3) is 0 Å². The first kappa shape index (κ1) is 7.64. The number of hydrogen-bond donors (Lipinski definition) is 0. The lowest BCUT2D eigenvalue weighted by atomic mass is 10.1. The Labute approximate surface area is 83.7 Å². The average Bonchev–Trinajstić information content (AvgIpc) is 2.85. The Morgan fingerprint density at radius 2 is 1.92 bits per heavy atom. The molecule has 1 atom stereocenters. The highest BCUT2D eigenvalue weighted by atomic mass is 79.9. The van der Waals surface area contributed by atoms with E-state index in [4.69, 9.17) is 14.2 Å². The molecule has 2 heterocycles. The fraction of sp³-hybridized carbons (Fsp3) is 0.333. The molecule has 1 fully saturated rings. The zero-order valence-corrected chi connectivity index (χ0v) is 8.33. The van der Waals surface area contributed by atoms with Gasteiger partial charge >= 0.3 is 0 Å². The summed E-state index contributed by atoms with van der Waals surface area (Å²) in [6, 6.07) is 3.91. The van der Waals surface area contributed by atoms with Gasteiger partial charge in [-0.1, -0.05) is 15.9 Å². The zero-order valence-electron chi connectivity index (χ0n) is 6.75. The van der Waals surface area contributed by atoms with Crippen LogP contribution in [-0.2, 0) is 4.74 Å². The number of ether oxygens (including phenoxy) is 3. The Bertz CT molecular complexity index is 360. The van der Waals surface area contributed by atoms with Crippen molar-refractivity contribution in [3.05, 3.63) is 22.2 Å². The van der Waals surface area contributed by atoms with Crippen molar-refractivity contribution < 1.29 is 14.2 Å². The molecule has 0 amide bonds. The van der Waals surface area contributed by atoms with E-state index >= 15 is 0 Å². The van der Waals surface area contributed by atoms with Crippen molar-refractivity contribution in [2.45, 2.75) is 6.10 Å². The molecule has 13 heavy (non-hydrogen) atoms. The second kappa shape index (κ2) is 2.62. The topological polar surface area (TPSA) is 31.0 Å². The van der Waals surface area contributed by atoms with Crippen LogP contribution in [0.5, 0.6) is 11.5 Å². The summed E-state index contributed by atoms with van der Waals surface area (Å²) in [5.41, 5.74) is 1.14. The molecule has 2 aliphatic heterocycles. The van der Waals surface area contributed by atoms with Gasteiger partial charge in [0.2, 0.25) is 6.79 Å². The maximum atomic E-state index is 5.27. The summed E-state index contributed by atoms with van der Waals surface area (Å²) in [5.74, 6) is 1.62. The molecule has 1 saturated heterocycles. The standard InChI is InChI=1S/C9H7BrO3/c10-6-2-8-7(12-4-13-8)1-5(6)9-3-11-9/h1-2,9H,3-4H2/t9-/m1/s1. The van der Waals surface area contributed by atoms with E-state index in [1.165, 1.54) is 0 Å². The molecule has 0 radical (unpaired) electrons. The molecule has 0 saturated carbocycles. The monoisotopic (exact) mass is 242 g/mol. The normalized spacial score (nSPS) is 23.3. The molecule has 0 unspecified atom stereocenters. The van der Waals surface area contributed by atoms with Crippen LogP contribution in [-0.4, -0.2) is 13.4 Å². The zero-order chi connectivity index (χ0) is 8.84. The fourth-order valence-corrected chi connectivity index (χ4v) is 1.99. The van der Waals surface area contributed by atoms with Crippen LogP contribution < -0.4 is 9.47 Å². The van der Waals surface area contributed by atoms with E-state index in [1.807, 2.05) is 12.1 Å². The summed E-state index contributed by atoms with van der Waals surface area (Å²) in [4.78, 5) is 0. The van der Waals surface area contributed by atoms with Gasteiger partial charge in [-0.25, -0.2) is 0 Å². The van der Waals surface area contributed by atoms with Gasteiger partial charge in [-0.3, -0.25) is 0 Å². The van der Waals surface area contributed by atoms with Crippen LogP contribution in [0, 0.1) is 0 Å². The Morgan fingerprint density at radius 3 is 2.62 bits per heavy atom. The highest BCUT2D eigenvalue weighted by Gasteiger charge is 2.29. The molecule has 3 nitrogen and oxygen atoms in total. The molecule has 0 N–H and O–H groups in total. The first-order valence-corrected chi connectivity index (χ1v) is 4.84. The number of rotatable bonds is 1. The van der Waals surface area contributed by atoms with Gasteiger partial charge in [-0.15, -0.1) is 0 Å². The Balaban J connectivity index is 2.10. The molecule has 0 spiro atoms. The molecule has 4 heteroatoms. The highest BCUT2D eigenvalue weighted by Crippen LogP contribution is 2.43. The minimum Gasteiger partial charge on any atom is -0.454 e. The second-order valence-electron chi connectivity index (χ2n) is 3.05. The van der Waals surface area contributed by atoms with Gasteiger partial charge in [0.15, 0.2) is 11.5 Å². The lowest BCUT2D eigenvalue weighted by molar-refractivity contribution is 0.174. The molecular weight excluding hydrogens is 236 g/mol. The van der Waals surface area contributed by atoms with Crippen LogP contribution in [0.3, 0.4) is 0 Å². The van der Waals surface area contributed by atoms with Crippen molar-refractivity contribution in [1.82, 2.24) is 0 Å². The average molecular weight is 243 g/mol. The van der Waals surface area contributed by atoms with Gasteiger partial charge in [0.1, 0.15) is 6.10 Å². The molecule has 0 aromatic heterocycles. The molecule has 1 aromatic rings. The number of hydrogen-bond acceptors (Lipinski definition) is 3. The third-order valence-corrected chi connectivity index (χ3v) is 2.86. The van der Waals surface area contributed by atoms with Crippen molar-refractivity contribution in [3.63, 3.8) is 0 Å². The van der Waals surface area contributed by atoms with Gasteiger partial charge in [0, 0.05) is 10.0 Å². The molecule has 1 aromatic carbocycles. The largest absolute Gasteiger partial charge is 0.454 e. The van der Waals surface area contributed by atoms with E-state index in [1.54, 1.807) is 0 Å². The van der Waals surface area contributed by atoms with Gasteiger partial charge in [0.05, 0.1) is 6.61 Å². The van der Waals surface area contributed by atoms with Gasteiger partial charge in [0.25, 0.3) is 0 Å². The van der Waals surface area contributed by atoms with E-state index in [9.17, 15) is 0 Å². The Kier molecular flexibility index (Phi) is 1.54. The first-order chi connectivity index (χ1) is 6.34. The van der Waals surface area contributed by atoms with Gasteiger partial charge in [-0.05, 0) is 12.1 Å². The van der Waals surface area contributed by atoms with Crippen LogP contribution in [0.2, 0.25) is 0 Å². The van der Waals surface area contributed by atoms with Crippen LogP contribution in [0.1, 0.15) is 11.7 Å². The molecule has 68 valence electrons.